The van der Waals surface area contributed by atoms with Crippen molar-refractivity contribution in [3.05, 3.63) is 155 Å². The Morgan fingerprint density at radius 2 is 0.500 bits per heavy atom. The lowest BCUT2D eigenvalue weighted by Crippen LogP contribution is -2.08. The van der Waals surface area contributed by atoms with Gasteiger partial charge in [0.15, 0.2) is 0 Å². The summed E-state index contributed by atoms with van der Waals surface area (Å²) < 4.78 is 0. The normalized spacial score (nSPS) is 10.6. The Bertz CT molecular complexity index is 1530. The molecule has 0 atom stereocenters. The first-order chi connectivity index (χ1) is 22.1. The van der Waals surface area contributed by atoms with E-state index in [4.69, 9.17) is 0 Å². The van der Waals surface area contributed by atoms with E-state index in [9.17, 15) is 0 Å². The van der Waals surface area contributed by atoms with Crippen LogP contribution >= 0.6 is 0 Å². The molecule has 0 spiro atoms. The van der Waals surface area contributed by atoms with Gasteiger partial charge in [-0.25, -0.2) is 0 Å². The summed E-state index contributed by atoms with van der Waals surface area (Å²) >= 11 is 0. The number of benzene rings is 5. The van der Waals surface area contributed by atoms with Gasteiger partial charge >= 0.3 is 0 Å². The zero-order valence-corrected chi connectivity index (χ0v) is 28.5. The van der Waals surface area contributed by atoms with E-state index in [0.29, 0.717) is 0 Å². The predicted molar refractivity (Wildman–Crippen MR) is 203 cm³/mol. The zero-order valence-electron chi connectivity index (χ0n) is 28.5. The molecular formula is C42H46N4. The molecule has 0 bridgehead atoms. The molecule has 0 aliphatic carbocycles. The molecule has 0 aliphatic rings. The monoisotopic (exact) mass is 606 g/mol. The highest BCUT2D eigenvalue weighted by Gasteiger charge is 2.10. The van der Waals surface area contributed by atoms with Gasteiger partial charge in [0.1, 0.15) is 0 Å². The van der Waals surface area contributed by atoms with Crippen LogP contribution in [-0.4, -0.2) is 56.4 Å². The first-order valence-corrected chi connectivity index (χ1v) is 15.7. The number of hydrogen-bond donors (Lipinski definition) is 0. The van der Waals surface area contributed by atoms with Gasteiger partial charge in [-0.1, -0.05) is 72.8 Å². The van der Waals surface area contributed by atoms with Crippen molar-refractivity contribution in [1.29, 1.82) is 0 Å². The minimum atomic E-state index is 1.16. The van der Waals surface area contributed by atoms with Crippen LogP contribution in [0, 0.1) is 0 Å². The van der Waals surface area contributed by atoms with Crippen LogP contribution in [0.3, 0.4) is 0 Å². The molecule has 4 nitrogen and oxygen atoms in total. The van der Waals surface area contributed by atoms with Crippen molar-refractivity contribution in [2.45, 2.75) is 0 Å². The number of anilines is 4. The molecule has 234 valence electrons. The minimum absolute atomic E-state index is 1.16. The van der Waals surface area contributed by atoms with Crippen LogP contribution in [0.1, 0.15) is 33.4 Å². The second-order valence-corrected chi connectivity index (χ2v) is 12.5. The van der Waals surface area contributed by atoms with Gasteiger partial charge in [-0.15, -0.1) is 0 Å². The van der Waals surface area contributed by atoms with Crippen LogP contribution in [0.25, 0.3) is 23.3 Å². The summed E-state index contributed by atoms with van der Waals surface area (Å²) in [7, 11) is 16.6. The van der Waals surface area contributed by atoms with Crippen molar-refractivity contribution in [3.8, 4) is 0 Å². The highest BCUT2D eigenvalue weighted by atomic mass is 15.1. The van der Waals surface area contributed by atoms with E-state index in [1.54, 1.807) is 0 Å². The van der Waals surface area contributed by atoms with Crippen molar-refractivity contribution in [2.24, 2.45) is 0 Å². The molecule has 0 radical (unpaired) electrons. The van der Waals surface area contributed by atoms with Gasteiger partial charge in [0.25, 0.3) is 0 Å². The molecule has 0 saturated carbocycles. The molecule has 5 aromatic rings. The predicted octanol–water partition coefficient (Wildman–Crippen LogP) is 9.13. The van der Waals surface area contributed by atoms with Crippen LogP contribution in [0.2, 0.25) is 0 Å². The molecule has 5 aromatic carbocycles. The lowest BCUT2D eigenvalue weighted by molar-refractivity contribution is 1.13. The summed E-state index contributed by atoms with van der Waals surface area (Å²) in [5.41, 5.74) is 14.2. The lowest BCUT2D eigenvalue weighted by Gasteiger charge is -2.16. The lowest BCUT2D eigenvalue weighted by atomic mass is 9.93. The Morgan fingerprint density at radius 1 is 0.304 bits per heavy atom. The summed E-state index contributed by atoms with van der Waals surface area (Å²) in [5, 5.41) is 0. The quantitative estimate of drug-likeness (QED) is 0.147. The summed E-state index contributed by atoms with van der Waals surface area (Å²) in [4.78, 5) is 8.53. The summed E-state index contributed by atoms with van der Waals surface area (Å²) in [5.74, 6) is 0. The zero-order chi connectivity index (χ0) is 32.8. The van der Waals surface area contributed by atoms with Crippen LogP contribution < -0.4 is 19.6 Å². The van der Waals surface area contributed by atoms with E-state index in [1.807, 2.05) is 0 Å². The topological polar surface area (TPSA) is 13.0 Å². The Labute approximate surface area is 276 Å². The number of rotatable bonds is 10. The van der Waals surface area contributed by atoms with Gasteiger partial charge < -0.3 is 19.6 Å². The van der Waals surface area contributed by atoms with E-state index in [1.165, 1.54) is 56.1 Å². The van der Waals surface area contributed by atoms with Gasteiger partial charge in [0.2, 0.25) is 0 Å². The van der Waals surface area contributed by atoms with Gasteiger partial charge in [-0.2, -0.15) is 0 Å². The highest BCUT2D eigenvalue weighted by Crippen LogP contribution is 2.31. The fourth-order valence-corrected chi connectivity index (χ4v) is 5.44. The summed E-state index contributed by atoms with van der Waals surface area (Å²) in [6.07, 6.45) is 4.59. The van der Waals surface area contributed by atoms with E-state index >= 15 is 0 Å². The molecular weight excluding hydrogens is 560 g/mol. The first-order valence-electron chi connectivity index (χ1n) is 15.7. The van der Waals surface area contributed by atoms with Crippen LogP contribution in [0.4, 0.5) is 22.7 Å². The van der Waals surface area contributed by atoms with Crippen molar-refractivity contribution < 1.29 is 0 Å². The second-order valence-electron chi connectivity index (χ2n) is 12.5. The van der Waals surface area contributed by atoms with Crippen LogP contribution in [0.5, 0.6) is 0 Å². The standard InChI is InChI=1S/C42H46N4/c1-43(2)37-21-13-33(14-22-37)41(34-15-23-38(24-16-34)44(3)4)29-31-9-11-32(12-10-31)30-42(35-17-25-39(26-18-35)45(5)6)36-19-27-40(28-20-36)46(7)8/h9-30H,1-8H3. The Morgan fingerprint density at radius 3 is 0.674 bits per heavy atom. The molecule has 5 rings (SSSR count). The molecule has 0 aliphatic heterocycles. The molecule has 46 heavy (non-hydrogen) atoms. The van der Waals surface area contributed by atoms with Gasteiger partial charge in [-0.3, -0.25) is 0 Å². The second kappa shape index (κ2) is 14.3. The molecule has 0 unspecified atom stereocenters. The van der Waals surface area contributed by atoms with E-state index in [-0.39, 0.29) is 0 Å². The Balaban J connectivity index is 1.53. The molecule has 0 N–H and O–H groups in total. The molecule has 0 aromatic heterocycles. The largest absolute Gasteiger partial charge is 0.378 e. The highest BCUT2D eigenvalue weighted by molar-refractivity contribution is 5.94. The summed E-state index contributed by atoms with van der Waals surface area (Å²) in [6, 6.07) is 44.1. The molecule has 0 fully saturated rings. The average molecular weight is 607 g/mol. The fourth-order valence-electron chi connectivity index (χ4n) is 5.44. The van der Waals surface area contributed by atoms with E-state index in [2.05, 4.69) is 209 Å². The third kappa shape index (κ3) is 7.70. The molecule has 0 amide bonds. The van der Waals surface area contributed by atoms with Gasteiger partial charge in [0, 0.05) is 79.1 Å². The number of nitrogens with zero attached hydrogens (tertiary/aromatic N) is 4. The molecule has 4 heteroatoms. The smallest absolute Gasteiger partial charge is 0.0361 e. The average Bonchev–Trinajstić information content (AvgIpc) is 3.07. The third-order valence-electron chi connectivity index (χ3n) is 8.34. The minimum Gasteiger partial charge on any atom is -0.378 e. The maximum atomic E-state index is 2.30. The molecule has 0 heterocycles. The first kappa shape index (κ1) is 32.2. The Hall–Kier alpha value is -5.22. The molecule has 0 saturated heterocycles. The van der Waals surface area contributed by atoms with Crippen LogP contribution in [-0.2, 0) is 0 Å². The van der Waals surface area contributed by atoms with E-state index in [0.717, 1.165) is 11.1 Å². The maximum Gasteiger partial charge on any atom is 0.0361 e. The number of hydrogen-bond acceptors (Lipinski definition) is 4. The van der Waals surface area contributed by atoms with Crippen molar-refractivity contribution in [3.63, 3.8) is 0 Å². The third-order valence-corrected chi connectivity index (χ3v) is 8.34. The van der Waals surface area contributed by atoms with Crippen molar-refractivity contribution >= 4 is 46.0 Å². The van der Waals surface area contributed by atoms with Crippen molar-refractivity contribution in [2.75, 3.05) is 76.0 Å². The fraction of sp³-hybridized carbons (Fsp3) is 0.190. The van der Waals surface area contributed by atoms with E-state index < -0.39 is 0 Å². The Kier molecular flexibility index (Phi) is 9.97. The van der Waals surface area contributed by atoms with Crippen molar-refractivity contribution in [1.82, 2.24) is 0 Å². The summed E-state index contributed by atoms with van der Waals surface area (Å²) in [6.45, 7) is 0. The maximum absolute atomic E-state index is 2.30. The van der Waals surface area contributed by atoms with Crippen LogP contribution in [0.15, 0.2) is 121 Å². The van der Waals surface area contributed by atoms with Gasteiger partial charge in [-0.05, 0) is 105 Å². The SMILES string of the molecule is CN(C)c1ccc(C(=Cc2ccc(C=C(c3ccc(N(C)C)cc3)c3ccc(N(C)C)cc3)cc2)c2ccc(N(C)C)cc2)cc1. The van der Waals surface area contributed by atoms with Gasteiger partial charge in [0.05, 0.1) is 0 Å².